The van der Waals surface area contributed by atoms with Crippen molar-refractivity contribution in [1.29, 1.82) is 0 Å². The lowest BCUT2D eigenvalue weighted by Crippen LogP contribution is -2.29. The molecule has 10 heteroatoms. The van der Waals surface area contributed by atoms with Gasteiger partial charge < -0.3 is 5.11 Å². The molecule has 33 heavy (non-hydrogen) atoms. The summed E-state index contributed by atoms with van der Waals surface area (Å²) < 4.78 is 13.6. The van der Waals surface area contributed by atoms with Crippen LogP contribution in [0.5, 0.6) is 0 Å². The number of aliphatic hydroxyl groups excluding tert-OH is 1. The van der Waals surface area contributed by atoms with E-state index in [9.17, 15) is 29.2 Å². The van der Waals surface area contributed by atoms with Gasteiger partial charge in [0.1, 0.15) is 11.6 Å². The summed E-state index contributed by atoms with van der Waals surface area (Å²) in [6.45, 7) is 0. The molecule has 1 saturated heterocycles. The minimum atomic E-state index is -1.11. The first-order valence-electron chi connectivity index (χ1n) is 9.45. The number of benzene rings is 3. The van der Waals surface area contributed by atoms with Crippen molar-refractivity contribution < 1.29 is 24.0 Å². The summed E-state index contributed by atoms with van der Waals surface area (Å²) in [5.41, 5.74) is 0.220. The summed E-state index contributed by atoms with van der Waals surface area (Å²) in [5, 5.41) is 22.3. The van der Waals surface area contributed by atoms with E-state index in [2.05, 4.69) is 0 Å². The predicted octanol–water partition coefficient (Wildman–Crippen LogP) is 5.67. The Morgan fingerprint density at radius 3 is 2.18 bits per heavy atom. The molecular weight excluding hydrogens is 474 g/mol. The van der Waals surface area contributed by atoms with Crippen LogP contribution < -0.4 is 4.90 Å². The molecule has 7 nitrogen and oxygen atoms in total. The Morgan fingerprint density at radius 2 is 1.61 bits per heavy atom. The Bertz CT molecular complexity index is 1320. The summed E-state index contributed by atoms with van der Waals surface area (Å²) in [6.07, 6.45) is 0. The van der Waals surface area contributed by atoms with Gasteiger partial charge in [-0.1, -0.05) is 35.3 Å². The van der Waals surface area contributed by atoms with Crippen molar-refractivity contribution in [2.24, 2.45) is 0 Å². The van der Waals surface area contributed by atoms with E-state index in [0.29, 0.717) is 5.56 Å². The number of aliphatic hydroxyl groups is 1. The van der Waals surface area contributed by atoms with Crippen LogP contribution in [0.15, 0.2) is 72.3 Å². The molecule has 1 N–H and O–H groups in total. The molecule has 4 rings (SSSR count). The van der Waals surface area contributed by atoms with Crippen molar-refractivity contribution in [2.45, 2.75) is 6.04 Å². The van der Waals surface area contributed by atoms with Gasteiger partial charge in [0, 0.05) is 23.4 Å². The minimum absolute atomic E-state index is 0.0971. The molecule has 0 bridgehead atoms. The summed E-state index contributed by atoms with van der Waals surface area (Å²) in [5.74, 6) is -2.97. The molecule has 0 aliphatic carbocycles. The summed E-state index contributed by atoms with van der Waals surface area (Å²) in [4.78, 5) is 37.5. The van der Waals surface area contributed by atoms with E-state index >= 15 is 0 Å². The Kier molecular flexibility index (Phi) is 5.88. The van der Waals surface area contributed by atoms with Gasteiger partial charge in [-0.3, -0.25) is 24.6 Å². The second-order valence-corrected chi connectivity index (χ2v) is 7.94. The number of hydrogen-bond acceptors (Lipinski definition) is 5. The van der Waals surface area contributed by atoms with Crippen LogP contribution in [-0.4, -0.2) is 21.7 Å². The van der Waals surface area contributed by atoms with Crippen molar-refractivity contribution in [3.63, 3.8) is 0 Å². The van der Waals surface area contributed by atoms with Gasteiger partial charge >= 0.3 is 0 Å². The lowest BCUT2D eigenvalue weighted by molar-refractivity contribution is -0.384. The van der Waals surface area contributed by atoms with Crippen LogP contribution in [0, 0.1) is 15.9 Å². The highest BCUT2D eigenvalue weighted by molar-refractivity contribution is 6.52. The highest BCUT2D eigenvalue weighted by atomic mass is 35.5. The zero-order valence-electron chi connectivity index (χ0n) is 16.5. The number of carbonyl (C=O) groups is 2. The fourth-order valence-electron chi connectivity index (χ4n) is 3.59. The second kappa shape index (κ2) is 8.65. The lowest BCUT2D eigenvalue weighted by Gasteiger charge is -2.25. The Labute approximate surface area is 196 Å². The third-order valence-electron chi connectivity index (χ3n) is 5.16. The third kappa shape index (κ3) is 4.06. The average Bonchev–Trinajstić information content (AvgIpc) is 3.06. The maximum absolute atomic E-state index is 13.6. The quantitative estimate of drug-likeness (QED) is 0.168. The predicted molar refractivity (Wildman–Crippen MR) is 121 cm³/mol. The Balaban J connectivity index is 1.92. The van der Waals surface area contributed by atoms with E-state index in [1.807, 2.05) is 0 Å². The molecule has 166 valence electrons. The number of ketones is 1. The topological polar surface area (TPSA) is 101 Å². The molecule has 3 aromatic rings. The van der Waals surface area contributed by atoms with Crippen molar-refractivity contribution in [3.8, 4) is 0 Å². The maximum atomic E-state index is 13.6. The van der Waals surface area contributed by atoms with Crippen LogP contribution in [-0.2, 0) is 9.59 Å². The van der Waals surface area contributed by atoms with Gasteiger partial charge in [-0.25, -0.2) is 4.39 Å². The van der Waals surface area contributed by atoms with Crippen LogP contribution in [0.25, 0.3) is 5.76 Å². The van der Waals surface area contributed by atoms with E-state index in [1.54, 1.807) is 0 Å². The fraction of sp³-hybridized carbons (Fsp3) is 0.0435. The molecule has 3 aromatic carbocycles. The molecule has 1 fully saturated rings. The van der Waals surface area contributed by atoms with Gasteiger partial charge in [-0.15, -0.1) is 0 Å². The minimum Gasteiger partial charge on any atom is -0.507 e. The molecule has 0 radical (unpaired) electrons. The monoisotopic (exact) mass is 486 g/mol. The van der Waals surface area contributed by atoms with Crippen LogP contribution in [0.1, 0.15) is 17.2 Å². The normalized spacial score (nSPS) is 17.4. The number of hydrogen-bond donors (Lipinski definition) is 1. The van der Waals surface area contributed by atoms with Crippen molar-refractivity contribution >= 4 is 52.0 Å². The maximum Gasteiger partial charge on any atom is 0.300 e. The Morgan fingerprint density at radius 1 is 0.970 bits per heavy atom. The van der Waals surface area contributed by atoms with Crippen LogP contribution >= 0.6 is 23.2 Å². The number of rotatable bonds is 4. The third-order valence-corrected chi connectivity index (χ3v) is 5.90. The summed E-state index contributed by atoms with van der Waals surface area (Å²) >= 11 is 12.1. The van der Waals surface area contributed by atoms with Crippen LogP contribution in [0.4, 0.5) is 15.8 Å². The summed E-state index contributed by atoms with van der Waals surface area (Å²) in [6, 6.07) is 13.2. The molecule has 1 aliphatic rings. The van der Waals surface area contributed by atoms with E-state index in [-0.39, 0.29) is 32.6 Å². The number of nitrogens with zero attached hydrogens (tertiary/aromatic N) is 2. The molecule has 0 aromatic heterocycles. The van der Waals surface area contributed by atoms with Gasteiger partial charge in [0.05, 0.1) is 26.6 Å². The van der Waals surface area contributed by atoms with E-state index in [1.165, 1.54) is 42.5 Å². The highest BCUT2D eigenvalue weighted by Crippen LogP contribution is 2.43. The van der Waals surface area contributed by atoms with Crippen molar-refractivity contribution in [2.75, 3.05) is 4.90 Å². The number of carbonyl (C=O) groups excluding carboxylic acids is 2. The highest BCUT2D eigenvalue weighted by Gasteiger charge is 2.47. The summed E-state index contributed by atoms with van der Waals surface area (Å²) in [7, 11) is 0. The zero-order valence-corrected chi connectivity index (χ0v) is 18.0. The van der Waals surface area contributed by atoms with Gasteiger partial charge in [-0.05, 0) is 48.0 Å². The molecule has 1 unspecified atom stereocenters. The first-order valence-corrected chi connectivity index (χ1v) is 10.2. The molecule has 0 saturated carbocycles. The van der Waals surface area contributed by atoms with Gasteiger partial charge in [0.25, 0.3) is 17.4 Å². The fourth-order valence-corrected chi connectivity index (χ4v) is 3.88. The second-order valence-electron chi connectivity index (χ2n) is 7.12. The molecule has 1 heterocycles. The average molecular weight is 487 g/mol. The SMILES string of the molecule is O=C1C(=O)N(c2ccc(Cl)c(Cl)c2)C(c2ccc(F)cc2)/C1=C(\O)c1ccc([N+](=O)[O-])cc1. The van der Waals surface area contributed by atoms with Gasteiger partial charge in [0.2, 0.25) is 0 Å². The van der Waals surface area contributed by atoms with E-state index in [4.69, 9.17) is 23.2 Å². The van der Waals surface area contributed by atoms with Crippen LogP contribution in [0.3, 0.4) is 0 Å². The number of non-ortho nitro benzene ring substituents is 1. The smallest absolute Gasteiger partial charge is 0.300 e. The van der Waals surface area contributed by atoms with Gasteiger partial charge in [-0.2, -0.15) is 0 Å². The number of amides is 1. The first kappa shape index (κ1) is 22.4. The lowest BCUT2D eigenvalue weighted by atomic mass is 9.95. The number of Topliss-reactive ketones (excluding diaryl/α,β-unsaturated/α-hetero) is 1. The molecule has 1 amide bonds. The molecule has 0 spiro atoms. The first-order chi connectivity index (χ1) is 15.7. The van der Waals surface area contributed by atoms with Crippen molar-refractivity contribution in [1.82, 2.24) is 0 Å². The largest absolute Gasteiger partial charge is 0.507 e. The molecule has 1 aliphatic heterocycles. The molecular formula is C23H13Cl2FN2O5. The Hall–Kier alpha value is -3.75. The zero-order chi connectivity index (χ0) is 23.9. The number of anilines is 1. The van der Waals surface area contributed by atoms with Gasteiger partial charge in [0.15, 0.2) is 0 Å². The number of nitro groups is 1. The standard InChI is InChI=1S/C23H13Cl2FN2O5/c24-17-10-9-16(11-18(17)25)27-20(12-1-5-14(26)6-2-12)19(22(30)23(27)31)21(29)13-3-7-15(8-4-13)28(32)33/h1-11,20,29H/b21-19+. The van der Waals surface area contributed by atoms with E-state index < -0.39 is 34.2 Å². The van der Waals surface area contributed by atoms with Crippen LogP contribution in [0.2, 0.25) is 10.0 Å². The number of halogens is 3. The van der Waals surface area contributed by atoms with Crippen molar-refractivity contribution in [3.05, 3.63) is 109 Å². The van der Waals surface area contributed by atoms with E-state index in [0.717, 1.165) is 29.2 Å². The molecule has 1 atom stereocenters. The number of nitro benzene ring substituents is 1.